The Hall–Kier alpha value is -2.72. The molecular formula is C26H32N2O6S2. The highest BCUT2D eigenvalue weighted by atomic mass is 32.1. The fourth-order valence-electron chi connectivity index (χ4n) is 4.82. The molecule has 2 aromatic heterocycles. The van der Waals surface area contributed by atoms with E-state index in [4.69, 9.17) is 9.47 Å². The van der Waals surface area contributed by atoms with Crippen LogP contribution in [0.25, 0.3) is 0 Å². The van der Waals surface area contributed by atoms with Crippen LogP contribution in [-0.2, 0) is 44.7 Å². The first-order chi connectivity index (χ1) is 17.4. The third-order valence-electron chi connectivity index (χ3n) is 6.46. The molecule has 2 aliphatic carbocycles. The average molecular weight is 533 g/mol. The normalized spacial score (nSPS) is 15.1. The van der Waals surface area contributed by atoms with Crippen molar-refractivity contribution in [3.05, 3.63) is 32.0 Å². The number of carbonyl (C=O) groups is 4. The van der Waals surface area contributed by atoms with Crippen molar-refractivity contribution in [2.75, 3.05) is 23.8 Å². The van der Waals surface area contributed by atoms with Crippen molar-refractivity contribution in [3.63, 3.8) is 0 Å². The van der Waals surface area contributed by atoms with Crippen molar-refractivity contribution >= 4 is 56.4 Å². The van der Waals surface area contributed by atoms with Crippen molar-refractivity contribution < 1.29 is 28.7 Å². The Bertz CT molecular complexity index is 1080. The average Bonchev–Trinajstić information content (AvgIpc) is 3.13. The zero-order valence-corrected chi connectivity index (χ0v) is 22.4. The summed E-state index contributed by atoms with van der Waals surface area (Å²) >= 11 is 2.67. The van der Waals surface area contributed by atoms with Gasteiger partial charge in [-0.25, -0.2) is 9.59 Å². The maximum absolute atomic E-state index is 13.0. The van der Waals surface area contributed by atoms with Crippen LogP contribution in [0.3, 0.4) is 0 Å². The molecular weight excluding hydrogens is 500 g/mol. The fourth-order valence-corrected chi connectivity index (χ4v) is 7.36. The number of carbonyl (C=O) groups excluding carboxylic acids is 4. The van der Waals surface area contributed by atoms with Crippen LogP contribution in [-0.4, -0.2) is 37.0 Å². The summed E-state index contributed by atoms with van der Waals surface area (Å²) in [5.74, 6) is -2.76. The number of rotatable bonds is 6. The summed E-state index contributed by atoms with van der Waals surface area (Å²) < 4.78 is 10.5. The fraction of sp³-hybridized carbons (Fsp3) is 0.538. The minimum atomic E-state index is -0.893. The number of nitrogens with one attached hydrogen (secondary N) is 2. The first-order valence-electron chi connectivity index (χ1n) is 12.7. The Morgan fingerprint density at radius 1 is 0.639 bits per heavy atom. The molecule has 2 heterocycles. The molecule has 2 aliphatic rings. The number of esters is 2. The number of anilines is 2. The topological polar surface area (TPSA) is 111 Å². The Morgan fingerprint density at radius 3 is 1.42 bits per heavy atom. The molecule has 0 bridgehead atoms. The van der Waals surface area contributed by atoms with Crippen LogP contribution in [0.15, 0.2) is 0 Å². The number of hydrogen-bond donors (Lipinski definition) is 2. The van der Waals surface area contributed by atoms with E-state index in [0.717, 1.165) is 85.1 Å². The maximum atomic E-state index is 13.0. The van der Waals surface area contributed by atoms with Crippen LogP contribution in [0.5, 0.6) is 0 Å². The van der Waals surface area contributed by atoms with Crippen LogP contribution in [0.1, 0.15) is 94.0 Å². The van der Waals surface area contributed by atoms with E-state index in [9.17, 15) is 19.2 Å². The quantitative estimate of drug-likeness (QED) is 0.298. The molecule has 36 heavy (non-hydrogen) atoms. The van der Waals surface area contributed by atoms with E-state index in [0.29, 0.717) is 21.1 Å². The van der Waals surface area contributed by atoms with Gasteiger partial charge < -0.3 is 20.1 Å². The Balaban J connectivity index is 1.58. The highest BCUT2D eigenvalue weighted by Crippen LogP contribution is 2.39. The number of fused-ring (bicyclic) bond motifs is 2. The molecule has 0 unspecified atom stereocenters. The summed E-state index contributed by atoms with van der Waals surface area (Å²) in [5.41, 5.74) is 2.54. The van der Waals surface area contributed by atoms with Gasteiger partial charge in [-0.3, -0.25) is 9.59 Å². The lowest BCUT2D eigenvalue weighted by atomic mass is 10.1. The van der Waals surface area contributed by atoms with Crippen LogP contribution < -0.4 is 10.6 Å². The second-order valence-electron chi connectivity index (χ2n) is 8.89. The lowest BCUT2D eigenvalue weighted by molar-refractivity contribution is -0.132. The maximum Gasteiger partial charge on any atom is 0.341 e. The van der Waals surface area contributed by atoms with E-state index in [1.807, 2.05) is 0 Å². The third kappa shape index (κ3) is 5.64. The standard InChI is InChI=1S/C26H32N2O6S2/c1-3-33-25(31)19-15-11-7-5-9-13-17(15)35-23(19)27-21(29)22(30)28-24-20(26(32)34-4-2)16-12-8-6-10-14-18(16)36-24/h3-14H2,1-2H3,(H,27,29)(H,28,30). The van der Waals surface area contributed by atoms with Crippen molar-refractivity contribution in [1.82, 2.24) is 0 Å². The van der Waals surface area contributed by atoms with Gasteiger partial charge in [0.15, 0.2) is 0 Å². The summed E-state index contributed by atoms with van der Waals surface area (Å²) in [5, 5.41) is 5.98. The molecule has 2 N–H and O–H groups in total. The monoisotopic (exact) mass is 532 g/mol. The number of ether oxygens (including phenoxy) is 2. The van der Waals surface area contributed by atoms with E-state index in [1.165, 1.54) is 22.7 Å². The molecule has 0 atom stereocenters. The van der Waals surface area contributed by atoms with Crippen LogP contribution >= 0.6 is 22.7 Å². The van der Waals surface area contributed by atoms with E-state index in [2.05, 4.69) is 10.6 Å². The predicted molar refractivity (Wildman–Crippen MR) is 140 cm³/mol. The third-order valence-corrected chi connectivity index (χ3v) is 8.88. The van der Waals surface area contributed by atoms with Crippen molar-refractivity contribution in [1.29, 1.82) is 0 Å². The summed E-state index contributed by atoms with van der Waals surface area (Å²) in [4.78, 5) is 53.5. The molecule has 194 valence electrons. The molecule has 2 aromatic rings. The number of amides is 2. The lowest BCUT2D eigenvalue weighted by Crippen LogP contribution is -2.29. The highest BCUT2D eigenvalue weighted by molar-refractivity contribution is 7.17. The second kappa shape index (κ2) is 12.0. The van der Waals surface area contributed by atoms with Gasteiger partial charge in [-0.05, 0) is 76.3 Å². The zero-order chi connectivity index (χ0) is 25.7. The van der Waals surface area contributed by atoms with Crippen molar-refractivity contribution in [2.24, 2.45) is 0 Å². The van der Waals surface area contributed by atoms with Crippen LogP contribution in [0.2, 0.25) is 0 Å². The number of thiophene rings is 2. The Kier molecular flexibility index (Phi) is 8.79. The molecule has 0 radical (unpaired) electrons. The minimum Gasteiger partial charge on any atom is -0.462 e. The first kappa shape index (κ1) is 26.3. The van der Waals surface area contributed by atoms with Crippen molar-refractivity contribution in [3.8, 4) is 0 Å². The van der Waals surface area contributed by atoms with E-state index >= 15 is 0 Å². The number of aryl methyl sites for hydroxylation is 2. The SMILES string of the molecule is CCOC(=O)c1c(NC(=O)C(=O)Nc2sc3c(c2C(=O)OCC)CCCCC3)sc2c1CCCCC2. The Labute approximate surface area is 218 Å². The largest absolute Gasteiger partial charge is 0.462 e. The van der Waals surface area contributed by atoms with Gasteiger partial charge >= 0.3 is 23.8 Å². The molecule has 2 amide bonds. The van der Waals surface area contributed by atoms with E-state index < -0.39 is 23.8 Å². The van der Waals surface area contributed by atoms with E-state index in [-0.39, 0.29) is 13.2 Å². The first-order valence-corrected chi connectivity index (χ1v) is 14.3. The molecule has 0 aliphatic heterocycles. The second-order valence-corrected chi connectivity index (χ2v) is 11.1. The smallest absolute Gasteiger partial charge is 0.341 e. The highest BCUT2D eigenvalue weighted by Gasteiger charge is 2.30. The van der Waals surface area contributed by atoms with Gasteiger partial charge in [-0.1, -0.05) is 12.8 Å². The molecule has 0 spiro atoms. The van der Waals surface area contributed by atoms with Gasteiger partial charge in [0, 0.05) is 9.75 Å². The van der Waals surface area contributed by atoms with Gasteiger partial charge in [0.25, 0.3) is 0 Å². The van der Waals surface area contributed by atoms with Gasteiger partial charge in [0.05, 0.1) is 24.3 Å². The molecule has 4 rings (SSSR count). The summed E-state index contributed by atoms with van der Waals surface area (Å²) in [6.07, 6.45) is 9.27. The van der Waals surface area contributed by atoms with Crippen LogP contribution in [0, 0.1) is 0 Å². The number of hydrogen-bond acceptors (Lipinski definition) is 8. The van der Waals surface area contributed by atoms with Gasteiger partial charge in [-0.15, -0.1) is 22.7 Å². The molecule has 8 nitrogen and oxygen atoms in total. The zero-order valence-electron chi connectivity index (χ0n) is 20.8. The predicted octanol–water partition coefficient (Wildman–Crippen LogP) is 5.28. The van der Waals surface area contributed by atoms with Gasteiger partial charge in [0.1, 0.15) is 10.0 Å². The van der Waals surface area contributed by atoms with E-state index in [1.54, 1.807) is 13.8 Å². The Morgan fingerprint density at radius 2 is 1.03 bits per heavy atom. The van der Waals surface area contributed by atoms with Gasteiger partial charge in [0.2, 0.25) is 0 Å². The molecule has 0 saturated heterocycles. The molecule has 0 aromatic carbocycles. The van der Waals surface area contributed by atoms with Crippen LogP contribution in [0.4, 0.5) is 10.0 Å². The van der Waals surface area contributed by atoms with Gasteiger partial charge in [-0.2, -0.15) is 0 Å². The molecule has 10 heteroatoms. The summed E-state index contributed by atoms with van der Waals surface area (Å²) in [7, 11) is 0. The lowest BCUT2D eigenvalue weighted by Gasteiger charge is -2.10. The molecule has 0 fully saturated rings. The summed E-state index contributed by atoms with van der Waals surface area (Å²) in [6, 6.07) is 0. The minimum absolute atomic E-state index is 0.219. The van der Waals surface area contributed by atoms with Crippen molar-refractivity contribution in [2.45, 2.75) is 78.1 Å². The summed E-state index contributed by atoms with van der Waals surface area (Å²) in [6.45, 7) is 3.91. The molecule has 0 saturated carbocycles.